The summed E-state index contributed by atoms with van der Waals surface area (Å²) in [4.78, 5) is 0. The lowest BCUT2D eigenvalue weighted by Crippen LogP contribution is -2.12. The van der Waals surface area contributed by atoms with Crippen molar-refractivity contribution >= 4 is 0 Å². The van der Waals surface area contributed by atoms with E-state index < -0.39 is 0 Å². The highest BCUT2D eigenvalue weighted by molar-refractivity contribution is 4.84. The highest BCUT2D eigenvalue weighted by atomic mass is 14.8. The van der Waals surface area contributed by atoms with E-state index in [0.29, 0.717) is 0 Å². The Bertz CT molecular complexity index is 105. The zero-order valence-corrected chi connectivity index (χ0v) is 7.47. The second-order valence-corrected chi connectivity index (χ2v) is 2.48. The Balaban J connectivity index is 2.97. The zero-order chi connectivity index (χ0) is 8.36. The minimum Gasteiger partial charge on any atom is -0.317 e. The van der Waals surface area contributed by atoms with Crippen LogP contribution in [0.3, 0.4) is 0 Å². The van der Waals surface area contributed by atoms with Crippen molar-refractivity contribution in [3.05, 3.63) is 24.8 Å². The maximum Gasteiger partial charge on any atom is -0.00144 e. The molecule has 0 fully saturated rings. The molecule has 0 saturated carbocycles. The molecule has 0 rings (SSSR count). The standard InChI is InChI=1S/C10H19N/c1-3-5-6-7-8-9-10-11-4-2/h3,7-8,11H,1,4-6,9-10H2,2H3. The van der Waals surface area contributed by atoms with Gasteiger partial charge in [-0.25, -0.2) is 0 Å². The molecule has 0 bridgehead atoms. The van der Waals surface area contributed by atoms with Crippen molar-refractivity contribution in [2.24, 2.45) is 0 Å². The fourth-order valence-corrected chi connectivity index (χ4v) is 0.812. The molecule has 0 aromatic carbocycles. The van der Waals surface area contributed by atoms with Crippen molar-refractivity contribution in [1.29, 1.82) is 0 Å². The molecule has 0 saturated heterocycles. The van der Waals surface area contributed by atoms with Gasteiger partial charge < -0.3 is 5.32 Å². The van der Waals surface area contributed by atoms with Gasteiger partial charge >= 0.3 is 0 Å². The van der Waals surface area contributed by atoms with E-state index in [4.69, 9.17) is 0 Å². The van der Waals surface area contributed by atoms with E-state index in [0.717, 1.165) is 32.4 Å². The molecule has 11 heavy (non-hydrogen) atoms. The number of hydrogen-bond acceptors (Lipinski definition) is 1. The van der Waals surface area contributed by atoms with Crippen LogP contribution in [0.2, 0.25) is 0 Å². The molecule has 64 valence electrons. The summed E-state index contributed by atoms with van der Waals surface area (Å²) in [7, 11) is 0. The molecule has 0 radical (unpaired) electrons. The highest BCUT2D eigenvalue weighted by Crippen LogP contribution is 1.91. The van der Waals surface area contributed by atoms with Crippen LogP contribution in [0.1, 0.15) is 26.2 Å². The maximum absolute atomic E-state index is 3.66. The number of hydrogen-bond donors (Lipinski definition) is 1. The Morgan fingerprint density at radius 3 is 2.55 bits per heavy atom. The first-order chi connectivity index (χ1) is 5.41. The van der Waals surface area contributed by atoms with Crippen molar-refractivity contribution in [1.82, 2.24) is 5.32 Å². The van der Waals surface area contributed by atoms with E-state index in [2.05, 4.69) is 31.0 Å². The van der Waals surface area contributed by atoms with Crippen LogP contribution in [0.4, 0.5) is 0 Å². The Morgan fingerprint density at radius 1 is 1.18 bits per heavy atom. The monoisotopic (exact) mass is 153 g/mol. The largest absolute Gasteiger partial charge is 0.317 e. The van der Waals surface area contributed by atoms with Crippen molar-refractivity contribution in [3.63, 3.8) is 0 Å². The molecule has 0 heterocycles. The summed E-state index contributed by atoms with van der Waals surface area (Å²) in [6, 6.07) is 0. The molecule has 0 unspecified atom stereocenters. The van der Waals surface area contributed by atoms with E-state index in [-0.39, 0.29) is 0 Å². The lowest BCUT2D eigenvalue weighted by molar-refractivity contribution is 0.725. The second-order valence-electron chi connectivity index (χ2n) is 2.48. The lowest BCUT2D eigenvalue weighted by Gasteiger charge is -1.94. The van der Waals surface area contributed by atoms with E-state index >= 15 is 0 Å². The summed E-state index contributed by atoms with van der Waals surface area (Å²) < 4.78 is 0. The zero-order valence-electron chi connectivity index (χ0n) is 7.47. The van der Waals surface area contributed by atoms with Gasteiger partial charge in [-0.05, 0) is 32.4 Å². The number of unbranched alkanes of at least 4 members (excludes halogenated alkanes) is 1. The van der Waals surface area contributed by atoms with E-state index in [9.17, 15) is 0 Å². The number of rotatable bonds is 7. The topological polar surface area (TPSA) is 12.0 Å². The molecule has 0 aromatic heterocycles. The molecule has 0 spiro atoms. The first-order valence-electron chi connectivity index (χ1n) is 4.38. The molecule has 1 N–H and O–H groups in total. The third-order valence-corrected chi connectivity index (χ3v) is 1.44. The SMILES string of the molecule is C=CCCC=CCCNCC. The molecule has 0 aromatic rings. The van der Waals surface area contributed by atoms with Gasteiger partial charge in [0.25, 0.3) is 0 Å². The first-order valence-corrected chi connectivity index (χ1v) is 4.38. The van der Waals surface area contributed by atoms with Gasteiger partial charge in [0.05, 0.1) is 0 Å². The molecule has 0 aliphatic carbocycles. The van der Waals surface area contributed by atoms with Crippen LogP contribution in [-0.4, -0.2) is 13.1 Å². The Labute approximate surface area is 70.2 Å². The van der Waals surface area contributed by atoms with Gasteiger partial charge in [0.1, 0.15) is 0 Å². The molecule has 0 aliphatic heterocycles. The molecule has 0 amide bonds. The average Bonchev–Trinajstić information content (AvgIpc) is 2.03. The summed E-state index contributed by atoms with van der Waals surface area (Å²) >= 11 is 0. The maximum atomic E-state index is 3.66. The van der Waals surface area contributed by atoms with Crippen LogP contribution in [0.15, 0.2) is 24.8 Å². The Hall–Kier alpha value is -0.560. The van der Waals surface area contributed by atoms with Gasteiger partial charge in [0.15, 0.2) is 0 Å². The van der Waals surface area contributed by atoms with E-state index in [1.165, 1.54) is 0 Å². The molecule has 0 atom stereocenters. The van der Waals surface area contributed by atoms with Gasteiger partial charge in [-0.15, -0.1) is 6.58 Å². The summed E-state index contributed by atoms with van der Waals surface area (Å²) in [5.74, 6) is 0. The van der Waals surface area contributed by atoms with Gasteiger partial charge in [-0.2, -0.15) is 0 Å². The predicted molar refractivity (Wildman–Crippen MR) is 51.7 cm³/mol. The predicted octanol–water partition coefficient (Wildman–Crippen LogP) is 2.51. The van der Waals surface area contributed by atoms with Crippen molar-refractivity contribution in [2.75, 3.05) is 13.1 Å². The van der Waals surface area contributed by atoms with E-state index in [1.54, 1.807) is 0 Å². The van der Waals surface area contributed by atoms with Gasteiger partial charge in [0.2, 0.25) is 0 Å². The smallest absolute Gasteiger partial charge is 0.00144 e. The summed E-state index contributed by atoms with van der Waals surface area (Å²) in [6.07, 6.45) is 9.78. The fourth-order valence-electron chi connectivity index (χ4n) is 0.812. The normalized spacial score (nSPS) is 10.6. The van der Waals surface area contributed by atoms with Crippen LogP contribution in [0.25, 0.3) is 0 Å². The summed E-state index contributed by atoms with van der Waals surface area (Å²) in [5, 5.41) is 3.27. The van der Waals surface area contributed by atoms with Gasteiger partial charge in [-0.1, -0.05) is 25.2 Å². The molecule has 1 heteroatoms. The Kier molecular flexibility index (Phi) is 8.96. The van der Waals surface area contributed by atoms with Crippen molar-refractivity contribution in [3.8, 4) is 0 Å². The van der Waals surface area contributed by atoms with Crippen LogP contribution in [-0.2, 0) is 0 Å². The van der Waals surface area contributed by atoms with Gasteiger partial charge in [0, 0.05) is 0 Å². The van der Waals surface area contributed by atoms with Crippen molar-refractivity contribution in [2.45, 2.75) is 26.2 Å². The van der Waals surface area contributed by atoms with Crippen molar-refractivity contribution < 1.29 is 0 Å². The number of allylic oxidation sites excluding steroid dienone is 2. The van der Waals surface area contributed by atoms with Crippen LogP contribution in [0.5, 0.6) is 0 Å². The third-order valence-electron chi connectivity index (χ3n) is 1.44. The quantitative estimate of drug-likeness (QED) is 0.438. The minimum absolute atomic E-state index is 1.07. The average molecular weight is 153 g/mol. The third kappa shape index (κ3) is 9.44. The Morgan fingerprint density at radius 2 is 1.91 bits per heavy atom. The number of nitrogens with one attached hydrogen (secondary N) is 1. The summed E-state index contributed by atoms with van der Waals surface area (Å²) in [6.45, 7) is 7.96. The first kappa shape index (κ1) is 10.4. The van der Waals surface area contributed by atoms with Gasteiger partial charge in [-0.3, -0.25) is 0 Å². The minimum atomic E-state index is 1.07. The second kappa shape index (κ2) is 9.44. The van der Waals surface area contributed by atoms with Crippen LogP contribution >= 0.6 is 0 Å². The molecular weight excluding hydrogens is 134 g/mol. The molecule has 1 nitrogen and oxygen atoms in total. The highest BCUT2D eigenvalue weighted by Gasteiger charge is 1.78. The fraction of sp³-hybridized carbons (Fsp3) is 0.600. The van der Waals surface area contributed by atoms with E-state index in [1.807, 2.05) is 6.08 Å². The lowest BCUT2D eigenvalue weighted by atomic mass is 10.2. The van der Waals surface area contributed by atoms with Crippen LogP contribution < -0.4 is 5.32 Å². The molecule has 0 aliphatic rings. The molecular formula is C10H19N. The summed E-state index contributed by atoms with van der Waals surface area (Å²) in [5.41, 5.74) is 0. The van der Waals surface area contributed by atoms with Crippen LogP contribution in [0, 0.1) is 0 Å².